The molecule has 0 spiro atoms. The highest BCUT2D eigenvalue weighted by molar-refractivity contribution is 7.89. The number of nitrogens with zero attached hydrogens (tertiary/aromatic N) is 2. The van der Waals surface area contributed by atoms with Crippen molar-refractivity contribution in [3.63, 3.8) is 0 Å². The molecular weight excluding hydrogens is 430 g/mol. The number of benzene rings is 2. The van der Waals surface area contributed by atoms with Crippen LogP contribution in [0.1, 0.15) is 6.42 Å². The van der Waals surface area contributed by atoms with Gasteiger partial charge in [-0.05, 0) is 36.4 Å². The number of nitrogens with two attached hydrogens (primary N) is 1. The lowest BCUT2D eigenvalue weighted by Crippen LogP contribution is -2.17. The van der Waals surface area contributed by atoms with Crippen molar-refractivity contribution in [1.29, 1.82) is 0 Å². The number of sulfonamides is 1. The highest BCUT2D eigenvalue weighted by Crippen LogP contribution is 2.27. The van der Waals surface area contributed by atoms with Gasteiger partial charge in [0.05, 0.1) is 9.82 Å². The number of carbonyl (C=O) groups is 1. The molecule has 30 heavy (non-hydrogen) atoms. The number of anilines is 2. The van der Waals surface area contributed by atoms with Gasteiger partial charge in [0.1, 0.15) is 10.7 Å². The summed E-state index contributed by atoms with van der Waals surface area (Å²) in [5.41, 5.74) is 1.21. The SMILES string of the molecule is NS(=O)(=O)c1ccc(NCCC(=O)Nc2ccc(-c3nccs3)cc2)c([N+](=O)[O-])c1. The monoisotopic (exact) mass is 447 g/mol. The average Bonchev–Trinajstić information content (AvgIpc) is 3.22. The van der Waals surface area contributed by atoms with E-state index in [4.69, 9.17) is 5.14 Å². The Labute approximate surface area is 176 Å². The Hall–Kier alpha value is -3.35. The number of primary sulfonamides is 1. The van der Waals surface area contributed by atoms with Gasteiger partial charge in [0, 0.05) is 41.9 Å². The minimum Gasteiger partial charge on any atom is -0.379 e. The van der Waals surface area contributed by atoms with Gasteiger partial charge in [-0.15, -0.1) is 11.3 Å². The molecule has 1 aromatic heterocycles. The van der Waals surface area contributed by atoms with Gasteiger partial charge >= 0.3 is 0 Å². The summed E-state index contributed by atoms with van der Waals surface area (Å²) >= 11 is 1.52. The largest absolute Gasteiger partial charge is 0.379 e. The molecule has 0 saturated heterocycles. The molecular formula is C18H17N5O5S2. The third-order valence-electron chi connectivity index (χ3n) is 4.01. The molecule has 3 rings (SSSR count). The molecule has 0 aliphatic carbocycles. The third kappa shape index (κ3) is 5.37. The van der Waals surface area contributed by atoms with Crippen LogP contribution in [-0.4, -0.2) is 30.8 Å². The molecule has 0 radical (unpaired) electrons. The molecule has 0 aliphatic heterocycles. The number of rotatable bonds is 8. The third-order valence-corrected chi connectivity index (χ3v) is 5.74. The van der Waals surface area contributed by atoms with Gasteiger partial charge in [0.25, 0.3) is 5.69 Å². The summed E-state index contributed by atoms with van der Waals surface area (Å²) in [4.78, 5) is 26.5. The van der Waals surface area contributed by atoms with E-state index in [2.05, 4.69) is 15.6 Å². The molecule has 4 N–H and O–H groups in total. The lowest BCUT2D eigenvalue weighted by Gasteiger charge is -2.09. The topological polar surface area (TPSA) is 157 Å². The van der Waals surface area contributed by atoms with Crippen LogP contribution in [0.4, 0.5) is 17.1 Å². The summed E-state index contributed by atoms with van der Waals surface area (Å²) in [6.45, 7) is 0.110. The van der Waals surface area contributed by atoms with Crippen molar-refractivity contribution in [2.24, 2.45) is 5.14 Å². The molecule has 1 heterocycles. The summed E-state index contributed by atoms with van der Waals surface area (Å²) in [6, 6.07) is 10.5. The number of thiazole rings is 1. The Bertz CT molecular complexity index is 1160. The van der Waals surface area contributed by atoms with Gasteiger partial charge in [-0.2, -0.15) is 0 Å². The lowest BCUT2D eigenvalue weighted by atomic mass is 10.2. The number of nitro benzene ring substituents is 1. The van der Waals surface area contributed by atoms with E-state index < -0.39 is 20.6 Å². The molecule has 0 bridgehead atoms. The zero-order valence-corrected chi connectivity index (χ0v) is 17.1. The number of nitro groups is 1. The van der Waals surface area contributed by atoms with Crippen LogP contribution in [0, 0.1) is 10.1 Å². The van der Waals surface area contributed by atoms with E-state index in [0.29, 0.717) is 5.69 Å². The number of hydrogen-bond donors (Lipinski definition) is 3. The van der Waals surface area contributed by atoms with Gasteiger partial charge < -0.3 is 10.6 Å². The molecule has 0 saturated carbocycles. The minimum absolute atomic E-state index is 0.0440. The molecule has 1 amide bonds. The Morgan fingerprint density at radius 3 is 2.53 bits per heavy atom. The Balaban J connectivity index is 1.57. The predicted octanol–water partition coefficient (Wildman–Crippen LogP) is 2.81. The molecule has 3 aromatic rings. The van der Waals surface area contributed by atoms with Crippen LogP contribution in [0.15, 0.2) is 58.9 Å². The summed E-state index contributed by atoms with van der Waals surface area (Å²) in [7, 11) is -4.06. The molecule has 0 fully saturated rings. The van der Waals surface area contributed by atoms with Crippen molar-refractivity contribution in [2.45, 2.75) is 11.3 Å². The highest BCUT2D eigenvalue weighted by Gasteiger charge is 2.19. The van der Waals surface area contributed by atoms with Crippen molar-refractivity contribution >= 4 is 44.3 Å². The fraction of sp³-hybridized carbons (Fsp3) is 0.111. The normalized spacial score (nSPS) is 11.1. The Kier molecular flexibility index (Phi) is 6.40. The lowest BCUT2D eigenvalue weighted by molar-refractivity contribution is -0.384. The van der Waals surface area contributed by atoms with E-state index in [1.165, 1.54) is 17.4 Å². The fourth-order valence-corrected chi connectivity index (χ4v) is 3.76. The first-order valence-electron chi connectivity index (χ1n) is 8.59. The number of nitrogens with one attached hydrogen (secondary N) is 2. The highest BCUT2D eigenvalue weighted by atomic mass is 32.2. The average molecular weight is 447 g/mol. The number of amides is 1. The van der Waals surface area contributed by atoms with Crippen LogP contribution in [0.2, 0.25) is 0 Å². The standard InChI is InChI=1S/C18H17N5O5S2/c19-30(27,28)14-5-6-15(16(11-14)23(25)26)20-8-7-17(24)22-13-3-1-12(2-4-13)18-21-9-10-29-18/h1-6,9-11,20H,7-8H2,(H,22,24)(H2,19,27,28). The van der Waals surface area contributed by atoms with Gasteiger partial charge in [-0.3, -0.25) is 14.9 Å². The van der Waals surface area contributed by atoms with E-state index in [0.717, 1.165) is 22.7 Å². The Morgan fingerprint density at radius 1 is 1.20 bits per heavy atom. The summed E-state index contributed by atoms with van der Waals surface area (Å²) < 4.78 is 22.7. The van der Waals surface area contributed by atoms with E-state index >= 15 is 0 Å². The molecule has 0 unspecified atom stereocenters. The quantitative estimate of drug-likeness (QED) is 0.354. The zero-order chi connectivity index (χ0) is 21.7. The number of hydrogen-bond acceptors (Lipinski definition) is 8. The second-order valence-corrected chi connectivity index (χ2v) is 8.58. The first kappa shape index (κ1) is 21.4. The van der Waals surface area contributed by atoms with Crippen molar-refractivity contribution in [1.82, 2.24) is 4.98 Å². The number of aromatic nitrogens is 1. The van der Waals surface area contributed by atoms with Gasteiger partial charge in [-0.25, -0.2) is 18.5 Å². The maximum atomic E-state index is 12.1. The smallest absolute Gasteiger partial charge is 0.293 e. The van der Waals surface area contributed by atoms with Gasteiger partial charge in [-0.1, -0.05) is 0 Å². The molecule has 12 heteroatoms. The first-order chi connectivity index (χ1) is 14.2. The Morgan fingerprint density at radius 2 is 1.93 bits per heavy atom. The van der Waals surface area contributed by atoms with Crippen LogP contribution >= 0.6 is 11.3 Å². The van der Waals surface area contributed by atoms with Crippen molar-refractivity contribution in [3.05, 3.63) is 64.2 Å². The maximum absolute atomic E-state index is 12.1. The summed E-state index contributed by atoms with van der Waals surface area (Å²) in [5, 5.41) is 24.5. The van der Waals surface area contributed by atoms with Crippen LogP contribution < -0.4 is 15.8 Å². The summed E-state index contributed by atoms with van der Waals surface area (Å²) in [5.74, 6) is -0.284. The minimum atomic E-state index is -4.06. The van der Waals surface area contributed by atoms with Crippen molar-refractivity contribution in [2.75, 3.05) is 17.2 Å². The molecule has 2 aromatic carbocycles. The maximum Gasteiger partial charge on any atom is 0.293 e. The fourth-order valence-electron chi connectivity index (χ4n) is 2.59. The zero-order valence-electron chi connectivity index (χ0n) is 15.4. The van der Waals surface area contributed by atoms with E-state index in [1.54, 1.807) is 18.3 Å². The molecule has 0 atom stereocenters. The van der Waals surface area contributed by atoms with E-state index in [1.807, 2.05) is 17.5 Å². The van der Waals surface area contributed by atoms with Crippen molar-refractivity contribution < 1.29 is 18.1 Å². The molecule has 156 valence electrons. The predicted molar refractivity (Wildman–Crippen MR) is 114 cm³/mol. The second kappa shape index (κ2) is 8.98. The van der Waals surface area contributed by atoms with Crippen LogP contribution in [-0.2, 0) is 14.8 Å². The summed E-state index contributed by atoms with van der Waals surface area (Å²) in [6.07, 6.45) is 1.76. The molecule has 0 aliphatic rings. The molecule has 10 nitrogen and oxygen atoms in total. The van der Waals surface area contributed by atoms with Crippen molar-refractivity contribution in [3.8, 4) is 10.6 Å². The first-order valence-corrected chi connectivity index (χ1v) is 11.0. The van der Waals surface area contributed by atoms with Crippen LogP contribution in [0.25, 0.3) is 10.6 Å². The second-order valence-electron chi connectivity index (χ2n) is 6.12. The number of carbonyl (C=O) groups excluding carboxylic acids is 1. The van der Waals surface area contributed by atoms with E-state index in [9.17, 15) is 23.3 Å². The van der Waals surface area contributed by atoms with Gasteiger partial charge in [0.2, 0.25) is 15.9 Å². The van der Waals surface area contributed by atoms with E-state index in [-0.39, 0.29) is 29.5 Å². The van der Waals surface area contributed by atoms with Crippen LogP contribution in [0.3, 0.4) is 0 Å². The van der Waals surface area contributed by atoms with Gasteiger partial charge in [0.15, 0.2) is 0 Å². The van der Waals surface area contributed by atoms with Crippen LogP contribution in [0.5, 0.6) is 0 Å².